The van der Waals surface area contributed by atoms with Crippen molar-refractivity contribution in [1.29, 1.82) is 5.26 Å². The number of carbonyl (C=O) groups excluding carboxylic acids is 1. The Morgan fingerprint density at radius 1 is 1.48 bits per heavy atom. The summed E-state index contributed by atoms with van der Waals surface area (Å²) < 4.78 is 20.9. The molecule has 33 heavy (non-hydrogen) atoms. The van der Waals surface area contributed by atoms with E-state index in [2.05, 4.69) is 32.9 Å². The normalized spacial score (nSPS) is 20.7. The number of aliphatic imine (C=N–C) groups is 1. The lowest BCUT2D eigenvalue weighted by molar-refractivity contribution is 0.0761. The molecule has 0 aliphatic heterocycles. The molecule has 166 valence electrons. The summed E-state index contributed by atoms with van der Waals surface area (Å²) >= 11 is 0. The van der Waals surface area contributed by atoms with Crippen molar-refractivity contribution in [2.75, 3.05) is 7.05 Å². The zero-order valence-electron chi connectivity index (χ0n) is 18.1. The van der Waals surface area contributed by atoms with Crippen LogP contribution in [0, 0.1) is 29.0 Å². The highest BCUT2D eigenvalue weighted by atomic mass is 19.1. The van der Waals surface area contributed by atoms with E-state index in [0.29, 0.717) is 23.3 Å². The number of amides is 1. The minimum Gasteiger partial charge on any atom is -0.337 e. The fraction of sp³-hybridized carbons (Fsp3) is 0.304. The van der Waals surface area contributed by atoms with Crippen LogP contribution in [0.25, 0.3) is 5.57 Å². The number of nitriles is 1. The van der Waals surface area contributed by atoms with Crippen LogP contribution in [0.5, 0.6) is 0 Å². The van der Waals surface area contributed by atoms with E-state index < -0.39 is 5.82 Å². The molecule has 3 aromatic rings. The molecule has 2 aromatic heterocycles. The first-order chi connectivity index (χ1) is 15.9. The summed E-state index contributed by atoms with van der Waals surface area (Å²) in [6, 6.07) is 6.55. The van der Waals surface area contributed by atoms with Gasteiger partial charge in [0.2, 0.25) is 5.89 Å². The highest BCUT2D eigenvalue weighted by molar-refractivity contribution is 5.96. The fourth-order valence-electron chi connectivity index (χ4n) is 4.53. The van der Waals surface area contributed by atoms with Crippen LogP contribution in [0.1, 0.15) is 45.7 Å². The molecule has 0 bridgehead atoms. The SMILES string of the molecule is C=Nc1ncn(C)c1C(=O)N(C)Cc1nc([C@@H]2[C@H]3C=C(c4ccc(C#N)c(F)c4)C[C@H]32)no1. The summed E-state index contributed by atoms with van der Waals surface area (Å²) in [6.07, 6.45) is 4.44. The molecule has 0 radical (unpaired) electrons. The number of rotatable bonds is 6. The molecular weight excluding hydrogens is 425 g/mol. The van der Waals surface area contributed by atoms with Gasteiger partial charge >= 0.3 is 0 Å². The molecule has 2 heterocycles. The van der Waals surface area contributed by atoms with Gasteiger partial charge < -0.3 is 14.0 Å². The Morgan fingerprint density at radius 3 is 2.97 bits per heavy atom. The Kier molecular flexibility index (Phi) is 4.89. The number of nitrogens with zero attached hydrogens (tertiary/aromatic N) is 7. The Labute approximate surface area is 188 Å². The summed E-state index contributed by atoms with van der Waals surface area (Å²) in [5, 5.41) is 13.0. The minimum atomic E-state index is -0.503. The third-order valence-corrected chi connectivity index (χ3v) is 6.31. The summed E-state index contributed by atoms with van der Waals surface area (Å²) in [6.45, 7) is 3.61. The largest absolute Gasteiger partial charge is 0.337 e. The maximum atomic E-state index is 13.9. The lowest BCUT2D eigenvalue weighted by Gasteiger charge is -2.15. The number of carbonyl (C=O) groups is 1. The molecule has 2 aliphatic rings. The van der Waals surface area contributed by atoms with E-state index in [4.69, 9.17) is 9.78 Å². The van der Waals surface area contributed by atoms with Gasteiger partial charge in [-0.25, -0.2) is 14.4 Å². The van der Waals surface area contributed by atoms with Crippen molar-refractivity contribution in [2.45, 2.75) is 18.9 Å². The topological polar surface area (TPSA) is 113 Å². The van der Waals surface area contributed by atoms with Crippen molar-refractivity contribution < 1.29 is 13.7 Å². The Morgan fingerprint density at radius 2 is 2.30 bits per heavy atom. The molecule has 0 N–H and O–H groups in total. The fourth-order valence-corrected chi connectivity index (χ4v) is 4.53. The van der Waals surface area contributed by atoms with Crippen molar-refractivity contribution in [2.24, 2.45) is 23.9 Å². The molecule has 10 heteroatoms. The second-order valence-electron chi connectivity index (χ2n) is 8.36. The van der Waals surface area contributed by atoms with Crippen LogP contribution in [-0.2, 0) is 13.6 Å². The number of allylic oxidation sites excluding steroid dienone is 2. The third kappa shape index (κ3) is 3.51. The second-order valence-corrected chi connectivity index (χ2v) is 8.36. The zero-order chi connectivity index (χ0) is 23.3. The highest BCUT2D eigenvalue weighted by Gasteiger charge is 2.55. The molecule has 1 amide bonds. The predicted molar refractivity (Wildman–Crippen MR) is 116 cm³/mol. The maximum absolute atomic E-state index is 13.9. The van der Waals surface area contributed by atoms with Gasteiger partial charge in [0.1, 0.15) is 18.4 Å². The first kappa shape index (κ1) is 20.8. The molecule has 5 rings (SSSR count). The molecule has 0 spiro atoms. The predicted octanol–water partition coefficient (Wildman–Crippen LogP) is 3.24. The van der Waals surface area contributed by atoms with E-state index in [0.717, 1.165) is 17.6 Å². The van der Waals surface area contributed by atoms with Crippen LogP contribution in [0.3, 0.4) is 0 Å². The molecule has 9 nitrogen and oxygen atoms in total. The lowest BCUT2D eigenvalue weighted by Crippen LogP contribution is -2.28. The number of imidazole rings is 1. The van der Waals surface area contributed by atoms with Crippen LogP contribution < -0.4 is 0 Å². The van der Waals surface area contributed by atoms with Crippen LogP contribution in [-0.4, -0.2) is 44.3 Å². The first-order valence-electron chi connectivity index (χ1n) is 10.4. The third-order valence-electron chi connectivity index (χ3n) is 6.31. The molecule has 1 saturated carbocycles. The molecule has 1 fully saturated rings. The molecule has 0 saturated heterocycles. The van der Waals surface area contributed by atoms with Gasteiger partial charge in [-0.05, 0) is 48.2 Å². The quantitative estimate of drug-likeness (QED) is 0.538. The summed E-state index contributed by atoms with van der Waals surface area (Å²) in [5.41, 5.74) is 2.25. The average molecular weight is 445 g/mol. The second kappa shape index (κ2) is 7.78. The van der Waals surface area contributed by atoms with Crippen molar-refractivity contribution in [3.8, 4) is 6.07 Å². The van der Waals surface area contributed by atoms with E-state index in [1.807, 2.05) is 6.07 Å². The lowest BCUT2D eigenvalue weighted by atomic mass is 9.99. The molecule has 1 aromatic carbocycles. The Hall–Kier alpha value is -4.13. The smallest absolute Gasteiger partial charge is 0.274 e. The number of hydrogen-bond donors (Lipinski definition) is 0. The van der Waals surface area contributed by atoms with Crippen LogP contribution >= 0.6 is 0 Å². The summed E-state index contributed by atoms with van der Waals surface area (Å²) in [4.78, 5) is 26.6. The number of halogens is 1. The van der Waals surface area contributed by atoms with Crippen molar-refractivity contribution in [1.82, 2.24) is 24.6 Å². The van der Waals surface area contributed by atoms with Crippen molar-refractivity contribution in [3.05, 3.63) is 65.0 Å². The Bertz CT molecular complexity index is 1350. The van der Waals surface area contributed by atoms with Crippen LogP contribution in [0.4, 0.5) is 10.2 Å². The number of benzene rings is 1. The van der Waals surface area contributed by atoms with Gasteiger partial charge in [-0.3, -0.25) is 4.79 Å². The van der Waals surface area contributed by atoms with Gasteiger partial charge in [0.15, 0.2) is 17.3 Å². The maximum Gasteiger partial charge on any atom is 0.274 e. The number of aryl methyl sites for hydroxylation is 1. The number of hydrogen-bond acceptors (Lipinski definition) is 7. The highest BCUT2D eigenvalue weighted by Crippen LogP contribution is 2.62. The van der Waals surface area contributed by atoms with Gasteiger partial charge in [-0.2, -0.15) is 10.2 Å². The summed E-state index contributed by atoms with van der Waals surface area (Å²) in [5.74, 6) is 1.24. The summed E-state index contributed by atoms with van der Waals surface area (Å²) in [7, 11) is 3.36. The Balaban J connectivity index is 1.25. The monoisotopic (exact) mass is 445 g/mol. The van der Waals surface area contributed by atoms with E-state index >= 15 is 0 Å². The molecule has 3 atom stereocenters. The van der Waals surface area contributed by atoms with Gasteiger partial charge in [-0.15, -0.1) is 0 Å². The minimum absolute atomic E-state index is 0.0449. The van der Waals surface area contributed by atoms with Crippen LogP contribution in [0.15, 0.2) is 40.1 Å². The standard InChI is InChI=1S/C23H20FN7O2/c1-26-22-20(31(3)11-27-22)23(32)30(2)10-18-28-21(29-33-18)19-15-6-14(7-16(15)19)12-4-5-13(9-25)17(24)8-12/h4-6,8,11,15-16,19H,1,7,10H2,2-3H3/t15-,16+,19+/m0/s1. The number of fused-ring (bicyclic) bond motifs is 1. The molecule has 2 aliphatic carbocycles. The molecular formula is C23H20FN7O2. The van der Waals surface area contributed by atoms with E-state index in [1.54, 1.807) is 24.7 Å². The van der Waals surface area contributed by atoms with E-state index in [9.17, 15) is 9.18 Å². The van der Waals surface area contributed by atoms with Gasteiger partial charge in [0, 0.05) is 20.0 Å². The van der Waals surface area contributed by atoms with Gasteiger partial charge in [0.05, 0.1) is 11.9 Å². The van der Waals surface area contributed by atoms with Crippen LogP contribution in [0.2, 0.25) is 0 Å². The number of aromatic nitrogens is 4. The van der Waals surface area contributed by atoms with E-state index in [-0.39, 0.29) is 35.7 Å². The van der Waals surface area contributed by atoms with Gasteiger partial charge in [-0.1, -0.05) is 17.3 Å². The van der Waals surface area contributed by atoms with E-state index in [1.165, 1.54) is 23.4 Å². The van der Waals surface area contributed by atoms with Crippen molar-refractivity contribution in [3.63, 3.8) is 0 Å². The van der Waals surface area contributed by atoms with Crippen molar-refractivity contribution >= 4 is 24.0 Å². The van der Waals surface area contributed by atoms with Gasteiger partial charge in [0.25, 0.3) is 5.91 Å². The zero-order valence-corrected chi connectivity index (χ0v) is 18.1. The molecule has 0 unspecified atom stereocenters. The first-order valence-corrected chi connectivity index (χ1v) is 10.4. The average Bonchev–Trinajstić information content (AvgIpc) is 3.22.